The number of hydrogen-bond donors (Lipinski definition) is 1. The second kappa shape index (κ2) is 9.66. The molecule has 0 bridgehead atoms. The molecule has 8 nitrogen and oxygen atoms in total. The average Bonchev–Trinajstić information content (AvgIpc) is 3.87. The van der Waals surface area contributed by atoms with Crippen LogP contribution < -0.4 is 5.32 Å². The molecule has 2 aliphatic rings. The van der Waals surface area contributed by atoms with Crippen LogP contribution in [0.3, 0.4) is 0 Å². The highest BCUT2D eigenvalue weighted by Crippen LogP contribution is 2.42. The molecule has 0 aliphatic heterocycles. The minimum absolute atomic E-state index is 0.330. The van der Waals surface area contributed by atoms with E-state index < -0.39 is 0 Å². The Kier molecular flexibility index (Phi) is 5.97. The summed E-state index contributed by atoms with van der Waals surface area (Å²) in [5, 5.41) is 16.9. The van der Waals surface area contributed by atoms with Gasteiger partial charge in [-0.25, -0.2) is 19.0 Å². The fraction of sp³-hybridized carbons (Fsp3) is 0.276. The highest BCUT2D eigenvalue weighted by atomic mass is 35.5. The first-order chi connectivity index (χ1) is 19.0. The van der Waals surface area contributed by atoms with Crippen LogP contribution in [0.25, 0.3) is 39.6 Å². The van der Waals surface area contributed by atoms with Crippen LogP contribution in [0.2, 0.25) is 5.02 Å². The van der Waals surface area contributed by atoms with Gasteiger partial charge in [0.25, 0.3) is 0 Å². The first-order valence-corrected chi connectivity index (χ1v) is 13.5. The first-order valence-electron chi connectivity index (χ1n) is 13.1. The highest BCUT2D eigenvalue weighted by molar-refractivity contribution is 6.33. The molecule has 0 atom stereocenters. The summed E-state index contributed by atoms with van der Waals surface area (Å²) in [7, 11) is 1.85. The van der Waals surface area contributed by atoms with Gasteiger partial charge in [-0.05, 0) is 73.2 Å². The summed E-state index contributed by atoms with van der Waals surface area (Å²) < 4.78 is 17.9. The summed E-state index contributed by atoms with van der Waals surface area (Å²) in [4.78, 5) is 9.76. The van der Waals surface area contributed by atoms with E-state index in [0.717, 1.165) is 40.9 Å². The molecule has 39 heavy (non-hydrogen) atoms. The van der Waals surface area contributed by atoms with Gasteiger partial charge in [-0.3, -0.25) is 0 Å². The van der Waals surface area contributed by atoms with Gasteiger partial charge in [-0.1, -0.05) is 17.7 Å². The van der Waals surface area contributed by atoms with Gasteiger partial charge >= 0.3 is 0 Å². The quantitative estimate of drug-likeness (QED) is 0.271. The number of halogens is 2. The number of benzene rings is 1. The van der Waals surface area contributed by atoms with Gasteiger partial charge in [0.2, 0.25) is 0 Å². The Balaban J connectivity index is 1.28. The molecule has 4 aromatic heterocycles. The maximum atomic E-state index is 14.4. The largest absolute Gasteiger partial charge is 0.317 e. The molecule has 0 radical (unpaired) electrons. The van der Waals surface area contributed by atoms with Gasteiger partial charge in [0.15, 0.2) is 11.6 Å². The Morgan fingerprint density at radius 3 is 2.64 bits per heavy atom. The number of aryl methyl sites for hydroxylation is 1. The normalized spacial score (nSPS) is 15.2. The van der Waals surface area contributed by atoms with Crippen molar-refractivity contribution in [3.63, 3.8) is 0 Å². The molecule has 2 aliphatic carbocycles. The SMILES string of the molecule is Cn1cnnc1-c1cc(F)ccc1-c1cc(C2CC2)nc(-n2cc(-c3nc(CNC4CC4)ccc3Cl)cn2)c1. The van der Waals surface area contributed by atoms with E-state index in [1.54, 1.807) is 27.8 Å². The van der Waals surface area contributed by atoms with E-state index in [2.05, 4.69) is 26.7 Å². The van der Waals surface area contributed by atoms with E-state index in [-0.39, 0.29) is 5.82 Å². The number of aromatic nitrogens is 7. The van der Waals surface area contributed by atoms with Crippen LogP contribution in [-0.4, -0.2) is 40.6 Å². The van der Waals surface area contributed by atoms with Gasteiger partial charge in [0, 0.05) is 48.6 Å². The number of rotatable bonds is 8. The van der Waals surface area contributed by atoms with E-state index in [1.165, 1.54) is 25.0 Å². The van der Waals surface area contributed by atoms with Crippen LogP contribution in [0, 0.1) is 5.82 Å². The third kappa shape index (κ3) is 4.95. The summed E-state index contributed by atoms with van der Waals surface area (Å²) in [5.41, 5.74) is 5.89. The monoisotopic (exact) mass is 540 g/mol. The lowest BCUT2D eigenvalue weighted by Crippen LogP contribution is -2.16. The van der Waals surface area contributed by atoms with Gasteiger partial charge in [0.1, 0.15) is 12.1 Å². The van der Waals surface area contributed by atoms with Crippen molar-refractivity contribution in [2.75, 3.05) is 0 Å². The third-order valence-corrected chi connectivity index (χ3v) is 7.52. The summed E-state index contributed by atoms with van der Waals surface area (Å²) in [5.74, 6) is 1.35. The molecule has 196 valence electrons. The standard InChI is InChI=1S/C29H26ClFN8/c1-38-16-33-37-29(38)24-12-20(31)4-8-23(24)18-10-26(17-2-3-17)36-27(11-18)39-15-19(13-34-39)28-25(30)9-7-22(35-28)14-32-21-5-6-21/h4,7-13,15-17,21,32H,2-3,5-6,14H2,1H3. The van der Waals surface area contributed by atoms with E-state index in [9.17, 15) is 4.39 Å². The number of pyridine rings is 2. The smallest absolute Gasteiger partial charge is 0.164 e. The maximum absolute atomic E-state index is 14.4. The fourth-order valence-corrected chi connectivity index (χ4v) is 4.98. The Labute approximate surface area is 229 Å². The van der Waals surface area contributed by atoms with E-state index in [1.807, 2.05) is 31.4 Å². The van der Waals surface area contributed by atoms with E-state index in [4.69, 9.17) is 21.6 Å². The number of nitrogens with zero attached hydrogens (tertiary/aromatic N) is 7. The lowest BCUT2D eigenvalue weighted by molar-refractivity contribution is 0.628. The second-order valence-corrected chi connectivity index (χ2v) is 10.7. The van der Waals surface area contributed by atoms with Crippen LogP contribution in [0.5, 0.6) is 0 Å². The summed E-state index contributed by atoms with van der Waals surface area (Å²) in [6.45, 7) is 0.711. The topological polar surface area (TPSA) is 86.3 Å². The minimum atomic E-state index is -0.330. The summed E-state index contributed by atoms with van der Waals surface area (Å²) in [6.07, 6.45) is 9.92. The Morgan fingerprint density at radius 1 is 1.00 bits per heavy atom. The number of nitrogens with one attached hydrogen (secondary N) is 1. The summed E-state index contributed by atoms with van der Waals surface area (Å²) >= 11 is 6.55. The molecule has 0 amide bonds. The van der Waals surface area contributed by atoms with Crippen molar-refractivity contribution < 1.29 is 4.39 Å². The van der Waals surface area contributed by atoms with Crippen molar-refractivity contribution in [1.82, 2.24) is 39.8 Å². The van der Waals surface area contributed by atoms with Crippen LogP contribution in [-0.2, 0) is 13.6 Å². The predicted molar refractivity (Wildman–Crippen MR) is 147 cm³/mol. The summed E-state index contributed by atoms with van der Waals surface area (Å²) in [6, 6.07) is 13.3. The molecule has 0 unspecified atom stereocenters. The van der Waals surface area contributed by atoms with Gasteiger partial charge in [-0.15, -0.1) is 10.2 Å². The number of hydrogen-bond acceptors (Lipinski definition) is 6. The van der Waals surface area contributed by atoms with Crippen LogP contribution >= 0.6 is 11.6 Å². The Bertz CT molecular complexity index is 1680. The zero-order valence-electron chi connectivity index (χ0n) is 21.4. The molecular formula is C29H26ClFN8. The van der Waals surface area contributed by atoms with Crippen molar-refractivity contribution in [1.29, 1.82) is 0 Å². The molecule has 1 N–H and O–H groups in total. The Morgan fingerprint density at radius 2 is 1.87 bits per heavy atom. The highest BCUT2D eigenvalue weighted by Gasteiger charge is 2.27. The van der Waals surface area contributed by atoms with Crippen molar-refractivity contribution in [2.24, 2.45) is 7.05 Å². The predicted octanol–water partition coefficient (Wildman–Crippen LogP) is 5.71. The molecule has 0 spiro atoms. The molecular weight excluding hydrogens is 515 g/mol. The third-order valence-electron chi connectivity index (χ3n) is 7.22. The molecule has 4 heterocycles. The maximum Gasteiger partial charge on any atom is 0.164 e. The van der Waals surface area contributed by atoms with Crippen molar-refractivity contribution in [3.05, 3.63) is 83.4 Å². The second-order valence-electron chi connectivity index (χ2n) is 10.3. The molecule has 0 saturated heterocycles. The molecule has 7 rings (SSSR count). The zero-order chi connectivity index (χ0) is 26.5. The zero-order valence-corrected chi connectivity index (χ0v) is 22.1. The lowest BCUT2D eigenvalue weighted by Gasteiger charge is -2.13. The fourth-order valence-electron chi connectivity index (χ4n) is 4.77. The lowest BCUT2D eigenvalue weighted by atomic mass is 9.98. The molecule has 2 fully saturated rings. The molecule has 5 aromatic rings. The van der Waals surface area contributed by atoms with Crippen molar-refractivity contribution >= 4 is 11.6 Å². The van der Waals surface area contributed by atoms with Crippen molar-refractivity contribution in [3.8, 4) is 39.6 Å². The van der Waals surface area contributed by atoms with E-state index >= 15 is 0 Å². The van der Waals surface area contributed by atoms with Crippen LogP contribution in [0.4, 0.5) is 4.39 Å². The van der Waals surface area contributed by atoms with Gasteiger partial charge in [-0.2, -0.15) is 5.10 Å². The van der Waals surface area contributed by atoms with E-state index in [0.29, 0.717) is 46.4 Å². The van der Waals surface area contributed by atoms with Gasteiger partial charge in [0.05, 0.1) is 22.6 Å². The van der Waals surface area contributed by atoms with Crippen molar-refractivity contribution in [2.45, 2.75) is 44.2 Å². The first kappa shape index (κ1) is 24.1. The Hall–Kier alpha value is -3.95. The molecule has 1 aromatic carbocycles. The van der Waals surface area contributed by atoms with Crippen LogP contribution in [0.1, 0.15) is 43.0 Å². The van der Waals surface area contributed by atoms with Gasteiger partial charge < -0.3 is 9.88 Å². The minimum Gasteiger partial charge on any atom is -0.317 e. The molecule has 2 saturated carbocycles. The average molecular weight is 541 g/mol. The van der Waals surface area contributed by atoms with Crippen LogP contribution in [0.15, 0.2) is 61.2 Å². The molecule has 10 heteroatoms.